The van der Waals surface area contributed by atoms with Crippen molar-refractivity contribution in [1.29, 1.82) is 0 Å². The van der Waals surface area contributed by atoms with E-state index in [0.29, 0.717) is 11.6 Å². The summed E-state index contributed by atoms with van der Waals surface area (Å²) in [6.45, 7) is 14.0. The molecule has 0 aliphatic heterocycles. The number of aryl methyl sites for hydroxylation is 2. The Bertz CT molecular complexity index is 1210. The summed E-state index contributed by atoms with van der Waals surface area (Å²) in [6.07, 6.45) is 3.04. The van der Waals surface area contributed by atoms with Gasteiger partial charge in [-0.25, -0.2) is 9.41 Å². The first-order valence-corrected chi connectivity index (χ1v) is 9.31. The molecule has 3 nitrogen and oxygen atoms in total. The van der Waals surface area contributed by atoms with Crippen LogP contribution in [0.4, 0.5) is 5.69 Å². The Morgan fingerprint density at radius 3 is 2.67 bits per heavy atom. The Kier molecular flexibility index (Phi) is 4.20. The lowest BCUT2D eigenvalue weighted by atomic mass is 9.92. The Morgan fingerprint density at radius 2 is 1.96 bits per heavy atom. The molecule has 2 heterocycles. The fraction of sp³-hybridized carbons (Fsp3) is 0.250. The molecular weight excluding hydrogens is 332 g/mol. The van der Waals surface area contributed by atoms with Crippen LogP contribution in [0, 0.1) is 19.4 Å². The molecule has 0 amide bonds. The molecule has 2 aromatic heterocycles. The van der Waals surface area contributed by atoms with Crippen LogP contribution in [-0.4, -0.2) is 0 Å². The molecule has 0 saturated heterocycles. The van der Waals surface area contributed by atoms with Gasteiger partial charge < -0.3 is 4.42 Å². The van der Waals surface area contributed by atoms with Crippen molar-refractivity contribution in [3.63, 3.8) is 0 Å². The lowest BCUT2D eigenvalue weighted by molar-refractivity contribution is -0.660. The van der Waals surface area contributed by atoms with Crippen LogP contribution < -0.4 is 4.57 Å². The van der Waals surface area contributed by atoms with Crippen LogP contribution >= 0.6 is 0 Å². The second-order valence-electron chi connectivity index (χ2n) is 7.62. The quantitative estimate of drug-likeness (QED) is 0.320. The molecule has 0 aliphatic rings. The van der Waals surface area contributed by atoms with Crippen molar-refractivity contribution in [2.45, 2.75) is 27.2 Å². The second-order valence-corrected chi connectivity index (χ2v) is 7.62. The van der Waals surface area contributed by atoms with Gasteiger partial charge in [0, 0.05) is 22.9 Å². The molecule has 0 fully saturated rings. The lowest BCUT2D eigenvalue weighted by Gasteiger charge is -2.12. The Labute approximate surface area is 159 Å². The van der Waals surface area contributed by atoms with Crippen LogP contribution in [0.25, 0.3) is 38.0 Å². The Morgan fingerprint density at radius 1 is 1.15 bits per heavy atom. The van der Waals surface area contributed by atoms with E-state index in [-0.39, 0.29) is 0 Å². The highest BCUT2D eigenvalue weighted by molar-refractivity contribution is 6.12. The molecule has 4 rings (SSSR count). The SMILES string of the molecule is [C-]#[N+]c1ccc2oc3c(-c4cccc[n+]4C)c(C)cc(CC(C)C)c3c2c1. The Hall–Kier alpha value is -3.12. The van der Waals surface area contributed by atoms with Gasteiger partial charge in [-0.1, -0.05) is 26.0 Å². The molecule has 4 aromatic rings. The van der Waals surface area contributed by atoms with Gasteiger partial charge in [-0.3, -0.25) is 0 Å². The van der Waals surface area contributed by atoms with E-state index in [9.17, 15) is 0 Å². The number of pyridine rings is 1. The molecular formula is C24H23N2O+. The number of furan rings is 1. The predicted molar refractivity (Wildman–Crippen MR) is 110 cm³/mol. The topological polar surface area (TPSA) is 21.4 Å². The zero-order chi connectivity index (χ0) is 19.1. The van der Waals surface area contributed by atoms with E-state index in [1.54, 1.807) is 0 Å². The maximum absolute atomic E-state index is 7.38. The van der Waals surface area contributed by atoms with Gasteiger partial charge in [-0.2, -0.15) is 0 Å². The van der Waals surface area contributed by atoms with E-state index in [1.165, 1.54) is 11.1 Å². The standard InChI is InChI=1S/C24H23N2O/c1-15(2)12-17-13-16(3)22(20-8-6-7-11-26(20)5)24-23(17)19-14-18(25-4)9-10-21(19)27-24/h6-11,13-15H,12H2,1-3,5H3/q+1. The van der Waals surface area contributed by atoms with Gasteiger partial charge in [0.05, 0.1) is 12.1 Å². The minimum atomic E-state index is 0.542. The molecule has 0 aliphatic carbocycles. The summed E-state index contributed by atoms with van der Waals surface area (Å²) in [5, 5.41) is 2.18. The number of hydrogen-bond acceptors (Lipinski definition) is 1. The summed E-state index contributed by atoms with van der Waals surface area (Å²) in [5.41, 5.74) is 7.16. The van der Waals surface area contributed by atoms with E-state index in [1.807, 2.05) is 24.3 Å². The van der Waals surface area contributed by atoms with E-state index < -0.39 is 0 Å². The minimum absolute atomic E-state index is 0.542. The maximum Gasteiger partial charge on any atom is 0.216 e. The summed E-state index contributed by atoms with van der Waals surface area (Å²) < 4.78 is 8.51. The summed E-state index contributed by atoms with van der Waals surface area (Å²) in [5.74, 6) is 0.542. The average molecular weight is 355 g/mol. The Balaban J connectivity index is 2.16. The normalized spacial score (nSPS) is 11.4. The van der Waals surface area contributed by atoms with Crippen molar-refractivity contribution in [2.75, 3.05) is 0 Å². The molecule has 0 unspecified atom stereocenters. The fourth-order valence-corrected chi connectivity index (χ4v) is 3.94. The zero-order valence-electron chi connectivity index (χ0n) is 16.2. The van der Waals surface area contributed by atoms with Crippen LogP contribution in [0.1, 0.15) is 25.0 Å². The summed E-state index contributed by atoms with van der Waals surface area (Å²) in [6, 6.07) is 14.2. The number of fused-ring (bicyclic) bond motifs is 3. The first-order chi connectivity index (χ1) is 13.0. The van der Waals surface area contributed by atoms with Crippen molar-refractivity contribution < 1.29 is 8.98 Å². The van der Waals surface area contributed by atoms with E-state index >= 15 is 0 Å². The van der Waals surface area contributed by atoms with Crippen molar-refractivity contribution in [2.24, 2.45) is 13.0 Å². The highest BCUT2D eigenvalue weighted by Crippen LogP contribution is 2.41. The van der Waals surface area contributed by atoms with Gasteiger partial charge in [0.25, 0.3) is 0 Å². The van der Waals surface area contributed by atoms with Crippen molar-refractivity contribution in [3.8, 4) is 11.3 Å². The van der Waals surface area contributed by atoms with Crippen molar-refractivity contribution >= 4 is 27.6 Å². The average Bonchev–Trinajstić information content (AvgIpc) is 3.01. The molecule has 0 spiro atoms. The highest BCUT2D eigenvalue weighted by atomic mass is 16.3. The molecule has 3 heteroatoms. The molecule has 0 bridgehead atoms. The monoisotopic (exact) mass is 355 g/mol. The fourth-order valence-electron chi connectivity index (χ4n) is 3.94. The smallest absolute Gasteiger partial charge is 0.216 e. The zero-order valence-corrected chi connectivity index (χ0v) is 16.2. The van der Waals surface area contributed by atoms with E-state index in [4.69, 9.17) is 11.0 Å². The molecule has 27 heavy (non-hydrogen) atoms. The number of benzene rings is 2. The minimum Gasteiger partial charge on any atom is -0.455 e. The van der Waals surface area contributed by atoms with Gasteiger partial charge in [0.2, 0.25) is 5.69 Å². The highest BCUT2D eigenvalue weighted by Gasteiger charge is 2.23. The summed E-state index contributed by atoms with van der Waals surface area (Å²) in [4.78, 5) is 3.61. The third kappa shape index (κ3) is 2.88. The predicted octanol–water partition coefficient (Wildman–Crippen LogP) is 6.14. The number of hydrogen-bond donors (Lipinski definition) is 0. The van der Waals surface area contributed by atoms with Crippen LogP contribution in [-0.2, 0) is 13.5 Å². The summed E-state index contributed by atoms with van der Waals surface area (Å²) >= 11 is 0. The largest absolute Gasteiger partial charge is 0.455 e. The summed E-state index contributed by atoms with van der Waals surface area (Å²) in [7, 11) is 2.06. The van der Waals surface area contributed by atoms with Crippen molar-refractivity contribution in [3.05, 3.63) is 71.2 Å². The van der Waals surface area contributed by atoms with Gasteiger partial charge in [0.15, 0.2) is 11.9 Å². The third-order valence-corrected chi connectivity index (χ3v) is 5.07. The van der Waals surface area contributed by atoms with Crippen LogP contribution in [0.3, 0.4) is 0 Å². The molecule has 134 valence electrons. The molecule has 0 atom stereocenters. The first kappa shape index (κ1) is 17.3. The number of nitrogens with zero attached hydrogens (tertiary/aromatic N) is 2. The van der Waals surface area contributed by atoms with Gasteiger partial charge in [-0.15, -0.1) is 0 Å². The van der Waals surface area contributed by atoms with Crippen molar-refractivity contribution in [1.82, 2.24) is 0 Å². The number of rotatable bonds is 3. The van der Waals surface area contributed by atoms with E-state index in [2.05, 4.69) is 61.6 Å². The van der Waals surface area contributed by atoms with Gasteiger partial charge >= 0.3 is 0 Å². The van der Waals surface area contributed by atoms with Gasteiger partial charge in [-0.05, 0) is 48.6 Å². The first-order valence-electron chi connectivity index (χ1n) is 9.31. The van der Waals surface area contributed by atoms with E-state index in [0.717, 1.165) is 39.6 Å². The van der Waals surface area contributed by atoms with Crippen LogP contribution in [0.15, 0.2) is 53.1 Å². The molecule has 2 aromatic carbocycles. The van der Waals surface area contributed by atoms with Gasteiger partial charge in [0.1, 0.15) is 18.2 Å². The van der Waals surface area contributed by atoms with Crippen LogP contribution in [0.5, 0.6) is 0 Å². The van der Waals surface area contributed by atoms with Crippen LogP contribution in [0.2, 0.25) is 0 Å². The second kappa shape index (κ2) is 6.55. The number of aromatic nitrogens is 1. The third-order valence-electron chi connectivity index (χ3n) is 5.07. The molecule has 0 radical (unpaired) electrons. The maximum atomic E-state index is 7.38. The lowest BCUT2D eigenvalue weighted by Crippen LogP contribution is -2.30. The molecule has 0 saturated carbocycles. The molecule has 0 N–H and O–H groups in total.